The Balaban J connectivity index is 1.83. The first-order valence-corrected chi connectivity index (χ1v) is 7.58. The standard InChI is InChI=1S/C16H21ClO2/c1-16(5-2-3-6-16)14(18)10-12-9-13(17)8-11-4-7-19-15(11)12/h8-9,14,18H,2-7,10H2,1H3. The van der Waals surface area contributed by atoms with E-state index in [0.717, 1.165) is 42.2 Å². The smallest absolute Gasteiger partial charge is 0.126 e. The van der Waals surface area contributed by atoms with Gasteiger partial charge in [-0.2, -0.15) is 0 Å². The second kappa shape index (κ2) is 4.99. The Labute approximate surface area is 119 Å². The Morgan fingerprint density at radius 3 is 2.84 bits per heavy atom. The summed E-state index contributed by atoms with van der Waals surface area (Å²) >= 11 is 6.17. The second-order valence-electron chi connectivity index (χ2n) is 6.23. The van der Waals surface area contributed by atoms with Crippen LogP contribution in [0.3, 0.4) is 0 Å². The Hall–Kier alpha value is -0.730. The first-order chi connectivity index (χ1) is 9.08. The topological polar surface area (TPSA) is 29.5 Å². The van der Waals surface area contributed by atoms with Gasteiger partial charge in [-0.1, -0.05) is 31.4 Å². The molecule has 1 atom stereocenters. The predicted molar refractivity (Wildman–Crippen MR) is 76.9 cm³/mol. The lowest BCUT2D eigenvalue weighted by Crippen LogP contribution is -2.31. The van der Waals surface area contributed by atoms with Crippen molar-refractivity contribution in [2.24, 2.45) is 5.41 Å². The highest BCUT2D eigenvalue weighted by Gasteiger charge is 2.36. The van der Waals surface area contributed by atoms with E-state index in [1.807, 2.05) is 12.1 Å². The number of rotatable bonds is 3. The molecular weight excluding hydrogens is 260 g/mol. The van der Waals surface area contributed by atoms with Crippen molar-refractivity contribution in [3.05, 3.63) is 28.3 Å². The zero-order valence-electron chi connectivity index (χ0n) is 11.4. The Morgan fingerprint density at radius 1 is 1.37 bits per heavy atom. The first-order valence-electron chi connectivity index (χ1n) is 7.21. The molecule has 104 valence electrons. The summed E-state index contributed by atoms with van der Waals surface area (Å²) in [5.41, 5.74) is 2.32. The van der Waals surface area contributed by atoms with Crippen LogP contribution in [0, 0.1) is 5.41 Å². The minimum atomic E-state index is -0.304. The lowest BCUT2D eigenvalue weighted by atomic mass is 9.79. The lowest BCUT2D eigenvalue weighted by Gasteiger charge is -2.30. The monoisotopic (exact) mass is 280 g/mol. The maximum absolute atomic E-state index is 10.6. The maximum Gasteiger partial charge on any atom is 0.126 e. The molecule has 1 saturated carbocycles. The van der Waals surface area contributed by atoms with Crippen molar-refractivity contribution in [1.29, 1.82) is 0 Å². The molecule has 0 bridgehead atoms. The summed E-state index contributed by atoms with van der Waals surface area (Å²) in [7, 11) is 0. The third-order valence-corrected chi connectivity index (χ3v) is 5.01. The van der Waals surface area contributed by atoms with Crippen molar-refractivity contribution >= 4 is 11.6 Å². The van der Waals surface area contributed by atoms with Crippen LogP contribution in [0.1, 0.15) is 43.7 Å². The summed E-state index contributed by atoms with van der Waals surface area (Å²) in [5.74, 6) is 0.963. The van der Waals surface area contributed by atoms with Gasteiger partial charge in [0, 0.05) is 17.9 Å². The van der Waals surface area contributed by atoms with Crippen LogP contribution in [0.25, 0.3) is 0 Å². The summed E-state index contributed by atoms with van der Waals surface area (Å²) in [6, 6.07) is 3.93. The van der Waals surface area contributed by atoms with Crippen LogP contribution in [-0.2, 0) is 12.8 Å². The molecule has 1 unspecified atom stereocenters. The maximum atomic E-state index is 10.6. The van der Waals surface area contributed by atoms with E-state index >= 15 is 0 Å². The van der Waals surface area contributed by atoms with Gasteiger partial charge in [0.15, 0.2) is 0 Å². The van der Waals surface area contributed by atoms with Gasteiger partial charge in [-0.15, -0.1) is 0 Å². The molecule has 1 heterocycles. The van der Waals surface area contributed by atoms with Crippen LogP contribution in [0.4, 0.5) is 0 Å². The number of aliphatic hydroxyl groups is 1. The SMILES string of the molecule is CC1(C(O)Cc2cc(Cl)cc3c2OCC3)CCCC1. The van der Waals surface area contributed by atoms with E-state index in [1.54, 1.807) is 0 Å². The molecule has 1 aliphatic heterocycles. The molecule has 3 rings (SSSR count). The van der Waals surface area contributed by atoms with Crippen molar-refractivity contribution in [2.75, 3.05) is 6.61 Å². The highest BCUT2D eigenvalue weighted by Crippen LogP contribution is 2.43. The van der Waals surface area contributed by atoms with Gasteiger partial charge >= 0.3 is 0 Å². The number of aliphatic hydroxyl groups excluding tert-OH is 1. The van der Waals surface area contributed by atoms with E-state index < -0.39 is 0 Å². The van der Waals surface area contributed by atoms with Crippen molar-refractivity contribution in [3.8, 4) is 5.75 Å². The molecule has 0 saturated heterocycles. The normalized spacial score (nSPS) is 22.1. The number of fused-ring (bicyclic) bond motifs is 1. The number of halogens is 1. The van der Waals surface area contributed by atoms with Gasteiger partial charge in [0.05, 0.1) is 12.7 Å². The molecule has 19 heavy (non-hydrogen) atoms. The van der Waals surface area contributed by atoms with Crippen molar-refractivity contribution in [3.63, 3.8) is 0 Å². The fourth-order valence-corrected chi connectivity index (χ4v) is 3.73. The Morgan fingerprint density at radius 2 is 2.11 bits per heavy atom. The summed E-state index contributed by atoms with van der Waals surface area (Å²) in [6.45, 7) is 2.94. The average Bonchev–Trinajstić information content (AvgIpc) is 2.98. The molecule has 1 aliphatic carbocycles. The van der Waals surface area contributed by atoms with E-state index in [-0.39, 0.29) is 11.5 Å². The van der Waals surface area contributed by atoms with Crippen LogP contribution in [-0.4, -0.2) is 17.8 Å². The molecule has 1 aromatic carbocycles. The number of hydrogen-bond acceptors (Lipinski definition) is 2. The minimum Gasteiger partial charge on any atom is -0.493 e. The van der Waals surface area contributed by atoms with Crippen LogP contribution >= 0.6 is 11.6 Å². The number of benzene rings is 1. The van der Waals surface area contributed by atoms with Crippen LogP contribution in [0.2, 0.25) is 5.02 Å². The third-order valence-electron chi connectivity index (χ3n) is 4.79. The Kier molecular flexibility index (Phi) is 3.48. The fourth-order valence-electron chi connectivity index (χ4n) is 3.47. The minimum absolute atomic E-state index is 0.0633. The van der Waals surface area contributed by atoms with Crippen LogP contribution in [0.5, 0.6) is 5.75 Å². The quantitative estimate of drug-likeness (QED) is 0.913. The third kappa shape index (κ3) is 2.48. The fraction of sp³-hybridized carbons (Fsp3) is 0.625. The molecular formula is C16H21ClO2. The summed E-state index contributed by atoms with van der Waals surface area (Å²) in [5, 5.41) is 11.3. The second-order valence-corrected chi connectivity index (χ2v) is 6.67. The Bertz CT molecular complexity index is 478. The van der Waals surface area contributed by atoms with E-state index in [2.05, 4.69) is 6.92 Å². The summed E-state index contributed by atoms with van der Waals surface area (Å²) in [4.78, 5) is 0. The molecule has 1 N–H and O–H groups in total. The first kappa shape index (κ1) is 13.3. The van der Waals surface area contributed by atoms with Crippen molar-refractivity contribution < 1.29 is 9.84 Å². The molecule has 1 aromatic rings. The zero-order chi connectivity index (χ0) is 13.5. The van der Waals surface area contributed by atoms with Gasteiger partial charge in [0.2, 0.25) is 0 Å². The highest BCUT2D eigenvalue weighted by atomic mass is 35.5. The molecule has 2 nitrogen and oxygen atoms in total. The number of hydrogen-bond donors (Lipinski definition) is 1. The van der Waals surface area contributed by atoms with Gasteiger partial charge in [-0.05, 0) is 41.5 Å². The van der Waals surface area contributed by atoms with Gasteiger partial charge < -0.3 is 9.84 Å². The van der Waals surface area contributed by atoms with E-state index in [0.29, 0.717) is 6.42 Å². The largest absolute Gasteiger partial charge is 0.493 e. The molecule has 0 radical (unpaired) electrons. The molecule has 1 fully saturated rings. The van der Waals surface area contributed by atoms with Crippen LogP contribution in [0.15, 0.2) is 12.1 Å². The van der Waals surface area contributed by atoms with Gasteiger partial charge in [0.25, 0.3) is 0 Å². The van der Waals surface area contributed by atoms with Crippen molar-refractivity contribution in [2.45, 2.75) is 51.6 Å². The molecule has 0 aromatic heterocycles. The highest BCUT2D eigenvalue weighted by molar-refractivity contribution is 6.30. The van der Waals surface area contributed by atoms with Gasteiger partial charge in [-0.3, -0.25) is 0 Å². The van der Waals surface area contributed by atoms with E-state index in [9.17, 15) is 5.11 Å². The molecule has 0 spiro atoms. The van der Waals surface area contributed by atoms with E-state index in [1.165, 1.54) is 18.4 Å². The average molecular weight is 281 g/mol. The predicted octanol–water partition coefficient (Wildman–Crippen LogP) is 3.76. The molecule has 0 amide bonds. The van der Waals surface area contributed by atoms with Gasteiger partial charge in [0.1, 0.15) is 5.75 Å². The zero-order valence-corrected chi connectivity index (χ0v) is 12.2. The lowest BCUT2D eigenvalue weighted by molar-refractivity contribution is 0.0419. The van der Waals surface area contributed by atoms with Gasteiger partial charge in [-0.25, -0.2) is 0 Å². The summed E-state index contributed by atoms with van der Waals surface area (Å²) < 4.78 is 5.71. The molecule has 2 aliphatic rings. The van der Waals surface area contributed by atoms with Crippen molar-refractivity contribution in [1.82, 2.24) is 0 Å². The van der Waals surface area contributed by atoms with Crippen LogP contribution < -0.4 is 4.74 Å². The number of ether oxygens (including phenoxy) is 1. The summed E-state index contributed by atoms with van der Waals surface area (Å²) in [6.07, 6.45) is 5.99. The molecule has 3 heteroatoms. The van der Waals surface area contributed by atoms with E-state index in [4.69, 9.17) is 16.3 Å².